The van der Waals surface area contributed by atoms with Crippen molar-refractivity contribution < 1.29 is 0 Å². The number of nitrogens with one attached hydrogen (secondary N) is 1. The number of guanidine groups is 1. The van der Waals surface area contributed by atoms with Gasteiger partial charge in [0, 0.05) is 58.4 Å². The molecule has 5 nitrogen and oxygen atoms in total. The van der Waals surface area contributed by atoms with Crippen LogP contribution in [0.2, 0.25) is 0 Å². The van der Waals surface area contributed by atoms with Crippen molar-refractivity contribution in [1.29, 1.82) is 0 Å². The Morgan fingerprint density at radius 2 is 1.81 bits per heavy atom. The van der Waals surface area contributed by atoms with Crippen LogP contribution in [0.5, 0.6) is 0 Å². The van der Waals surface area contributed by atoms with Crippen LogP contribution in [0.4, 0.5) is 0 Å². The average molecular weight is 368 g/mol. The van der Waals surface area contributed by atoms with Crippen molar-refractivity contribution >= 4 is 12.0 Å². The van der Waals surface area contributed by atoms with Gasteiger partial charge in [0.1, 0.15) is 0 Å². The molecule has 4 heterocycles. The van der Waals surface area contributed by atoms with Crippen LogP contribution in [0.1, 0.15) is 25.3 Å². The molecule has 1 N–H and O–H groups in total. The molecule has 27 heavy (non-hydrogen) atoms. The van der Waals surface area contributed by atoms with Gasteiger partial charge in [-0.05, 0) is 25.3 Å². The van der Waals surface area contributed by atoms with E-state index in [4.69, 9.17) is 4.99 Å². The third kappa shape index (κ3) is 4.71. The summed E-state index contributed by atoms with van der Waals surface area (Å²) in [6, 6.07) is 11.3. The Balaban J connectivity index is 1.35. The summed E-state index contributed by atoms with van der Waals surface area (Å²) >= 11 is 0. The Hall–Kier alpha value is -1.85. The Morgan fingerprint density at radius 3 is 2.44 bits per heavy atom. The standard InChI is InChI=1S/C22H33N5/c1-2-23-22(24-17-21-18-25-12-14-26(21)15-13-25)27-10-8-20(9-11-27)16-19-6-4-3-5-7-19/h3-7,16,21H,2,8-15,17-18H2,1H3,(H,23,24). The van der Waals surface area contributed by atoms with Gasteiger partial charge in [-0.2, -0.15) is 0 Å². The minimum absolute atomic E-state index is 0.597. The van der Waals surface area contributed by atoms with Gasteiger partial charge in [0.2, 0.25) is 0 Å². The summed E-state index contributed by atoms with van der Waals surface area (Å²) in [5.74, 6) is 1.11. The monoisotopic (exact) mass is 367 g/mol. The van der Waals surface area contributed by atoms with E-state index in [-0.39, 0.29) is 0 Å². The fraction of sp³-hybridized carbons (Fsp3) is 0.591. The highest BCUT2D eigenvalue weighted by Gasteiger charge is 2.31. The first kappa shape index (κ1) is 18.5. The lowest BCUT2D eigenvalue weighted by Crippen LogP contribution is -2.62. The maximum Gasteiger partial charge on any atom is 0.193 e. The molecule has 5 heteroatoms. The van der Waals surface area contributed by atoms with Gasteiger partial charge in [0.15, 0.2) is 5.96 Å². The summed E-state index contributed by atoms with van der Waals surface area (Å²) in [4.78, 5) is 12.7. The quantitative estimate of drug-likeness (QED) is 0.653. The van der Waals surface area contributed by atoms with E-state index >= 15 is 0 Å². The largest absolute Gasteiger partial charge is 0.357 e. The molecule has 5 rings (SSSR count). The van der Waals surface area contributed by atoms with Gasteiger partial charge in [-0.25, -0.2) is 0 Å². The predicted octanol–water partition coefficient (Wildman–Crippen LogP) is 2.13. The Labute approximate surface area is 163 Å². The van der Waals surface area contributed by atoms with Crippen molar-refractivity contribution in [2.45, 2.75) is 25.8 Å². The summed E-state index contributed by atoms with van der Waals surface area (Å²) in [6.07, 6.45) is 4.62. The molecule has 1 unspecified atom stereocenters. The summed E-state index contributed by atoms with van der Waals surface area (Å²) in [6.45, 7) is 12.2. The minimum Gasteiger partial charge on any atom is -0.357 e. The van der Waals surface area contributed by atoms with Crippen LogP contribution in [0.3, 0.4) is 0 Å². The van der Waals surface area contributed by atoms with Crippen molar-refractivity contribution in [3.63, 3.8) is 0 Å². The molecule has 2 bridgehead atoms. The van der Waals surface area contributed by atoms with Crippen LogP contribution in [0.25, 0.3) is 6.08 Å². The molecule has 0 spiro atoms. The summed E-state index contributed by atoms with van der Waals surface area (Å²) in [5.41, 5.74) is 2.87. The van der Waals surface area contributed by atoms with E-state index in [1.807, 2.05) is 0 Å². The van der Waals surface area contributed by atoms with E-state index in [0.29, 0.717) is 6.04 Å². The second kappa shape index (κ2) is 8.89. The van der Waals surface area contributed by atoms with Crippen molar-refractivity contribution in [3.05, 3.63) is 41.5 Å². The van der Waals surface area contributed by atoms with Gasteiger partial charge >= 0.3 is 0 Å². The lowest BCUT2D eigenvalue weighted by atomic mass is 10.0. The molecule has 1 aromatic rings. The topological polar surface area (TPSA) is 34.1 Å². The van der Waals surface area contributed by atoms with E-state index in [1.165, 1.54) is 38.3 Å². The molecular weight excluding hydrogens is 334 g/mol. The maximum absolute atomic E-state index is 5.03. The zero-order chi connectivity index (χ0) is 18.5. The number of hydrogen-bond donors (Lipinski definition) is 1. The fourth-order valence-corrected chi connectivity index (χ4v) is 4.45. The van der Waals surface area contributed by atoms with Crippen molar-refractivity contribution in [3.8, 4) is 0 Å². The fourth-order valence-electron chi connectivity index (χ4n) is 4.45. The molecule has 4 fully saturated rings. The van der Waals surface area contributed by atoms with Crippen LogP contribution in [-0.2, 0) is 0 Å². The van der Waals surface area contributed by atoms with E-state index < -0.39 is 0 Å². The molecule has 146 valence electrons. The zero-order valence-electron chi connectivity index (χ0n) is 16.6. The molecule has 0 aliphatic carbocycles. The molecular formula is C22H33N5. The van der Waals surface area contributed by atoms with Gasteiger partial charge in [0.25, 0.3) is 0 Å². The van der Waals surface area contributed by atoms with Gasteiger partial charge < -0.3 is 10.2 Å². The van der Waals surface area contributed by atoms with E-state index in [2.05, 4.69) is 63.3 Å². The van der Waals surface area contributed by atoms with Crippen LogP contribution < -0.4 is 5.32 Å². The summed E-state index contributed by atoms with van der Waals surface area (Å²) in [5, 5.41) is 3.52. The van der Waals surface area contributed by atoms with Gasteiger partial charge in [-0.3, -0.25) is 14.8 Å². The number of aliphatic imine (C=N–C) groups is 1. The Kier molecular flexibility index (Phi) is 6.10. The molecule has 1 atom stereocenters. The number of piperazine rings is 3. The van der Waals surface area contributed by atoms with E-state index in [9.17, 15) is 0 Å². The smallest absolute Gasteiger partial charge is 0.193 e. The lowest BCUT2D eigenvalue weighted by Gasteiger charge is -2.47. The first-order valence-electron chi connectivity index (χ1n) is 10.6. The SMILES string of the molecule is CCNC(=NCC1CN2CCN1CC2)N1CCC(=Cc2ccccc2)CC1. The first-order chi connectivity index (χ1) is 13.3. The molecule has 0 amide bonds. The van der Waals surface area contributed by atoms with Crippen molar-refractivity contribution in [2.24, 2.45) is 4.99 Å². The van der Waals surface area contributed by atoms with Crippen molar-refractivity contribution in [1.82, 2.24) is 20.0 Å². The zero-order valence-corrected chi connectivity index (χ0v) is 16.6. The number of piperidine rings is 1. The Bertz CT molecular complexity index is 651. The molecule has 0 aromatic heterocycles. The Morgan fingerprint density at radius 1 is 1.07 bits per heavy atom. The summed E-state index contributed by atoms with van der Waals surface area (Å²) < 4.78 is 0. The van der Waals surface area contributed by atoms with E-state index in [0.717, 1.165) is 45.0 Å². The van der Waals surface area contributed by atoms with Crippen molar-refractivity contribution in [2.75, 3.05) is 58.9 Å². The van der Waals surface area contributed by atoms with E-state index in [1.54, 1.807) is 5.57 Å². The van der Waals surface area contributed by atoms with Gasteiger partial charge in [-0.1, -0.05) is 42.0 Å². The molecule has 0 radical (unpaired) electrons. The maximum atomic E-state index is 5.03. The highest BCUT2D eigenvalue weighted by atomic mass is 15.4. The number of likely N-dealkylation sites (tertiary alicyclic amines) is 1. The normalized spacial score (nSPS) is 28.3. The lowest BCUT2D eigenvalue weighted by molar-refractivity contribution is 0.0173. The average Bonchev–Trinajstić information content (AvgIpc) is 2.73. The highest BCUT2D eigenvalue weighted by Crippen LogP contribution is 2.20. The van der Waals surface area contributed by atoms with Crippen LogP contribution in [-0.4, -0.2) is 85.6 Å². The molecule has 0 saturated carbocycles. The predicted molar refractivity (Wildman–Crippen MR) is 113 cm³/mol. The number of rotatable bonds is 4. The molecule has 4 aliphatic rings. The van der Waals surface area contributed by atoms with Crippen LogP contribution in [0, 0.1) is 0 Å². The van der Waals surface area contributed by atoms with Gasteiger partial charge in [0.05, 0.1) is 6.54 Å². The van der Waals surface area contributed by atoms with Crippen LogP contribution in [0.15, 0.2) is 40.9 Å². The van der Waals surface area contributed by atoms with Crippen LogP contribution >= 0.6 is 0 Å². The number of benzene rings is 1. The third-order valence-corrected chi connectivity index (χ3v) is 6.05. The molecule has 4 aliphatic heterocycles. The summed E-state index contributed by atoms with van der Waals surface area (Å²) in [7, 11) is 0. The second-order valence-corrected chi connectivity index (χ2v) is 7.89. The third-order valence-electron chi connectivity index (χ3n) is 6.05. The minimum atomic E-state index is 0.597. The number of nitrogens with zero attached hydrogens (tertiary/aromatic N) is 4. The molecule has 1 aromatic carbocycles. The highest BCUT2D eigenvalue weighted by molar-refractivity contribution is 5.80. The number of hydrogen-bond acceptors (Lipinski definition) is 3. The number of fused-ring (bicyclic) bond motifs is 3. The molecule has 4 saturated heterocycles. The second-order valence-electron chi connectivity index (χ2n) is 7.89. The first-order valence-corrected chi connectivity index (χ1v) is 10.6. The van der Waals surface area contributed by atoms with Gasteiger partial charge in [-0.15, -0.1) is 0 Å².